The van der Waals surface area contributed by atoms with E-state index in [1.165, 1.54) is 6.42 Å². The van der Waals surface area contributed by atoms with Gasteiger partial charge in [-0.1, -0.05) is 18.6 Å². The maximum absolute atomic E-state index is 13.3. The number of piperidine rings is 1. The lowest BCUT2D eigenvalue weighted by Crippen LogP contribution is -2.34. The van der Waals surface area contributed by atoms with Gasteiger partial charge in [0.2, 0.25) is 0 Å². The number of rotatable bonds is 5. The highest BCUT2D eigenvalue weighted by atomic mass is 16.1. The van der Waals surface area contributed by atoms with Crippen LogP contribution < -0.4 is 0 Å². The second-order valence-corrected chi connectivity index (χ2v) is 7.73. The first kappa shape index (κ1) is 19.8. The Kier molecular flexibility index (Phi) is 5.61. The zero-order chi connectivity index (χ0) is 21.1. The summed E-state index contributed by atoms with van der Waals surface area (Å²) >= 11 is 0. The Morgan fingerprint density at radius 3 is 2.63 bits per heavy atom. The van der Waals surface area contributed by atoms with Crippen LogP contribution in [0, 0.1) is 24.8 Å². The minimum Gasteiger partial charge on any atom is -0.312 e. The molecule has 1 aromatic carbocycles. The molecule has 3 heterocycles. The molecule has 0 radical (unpaired) electrons. The third kappa shape index (κ3) is 3.70. The first-order chi connectivity index (χ1) is 14.6. The fourth-order valence-corrected chi connectivity index (χ4v) is 4.25. The number of carbonyl (C=O) groups excluding carboxylic acids is 1. The highest BCUT2D eigenvalue weighted by molar-refractivity contribution is 6.09. The van der Waals surface area contributed by atoms with E-state index >= 15 is 0 Å². The maximum atomic E-state index is 13.3. The van der Waals surface area contributed by atoms with Gasteiger partial charge in [-0.05, 0) is 56.6 Å². The van der Waals surface area contributed by atoms with Crippen molar-refractivity contribution in [2.75, 3.05) is 19.6 Å². The van der Waals surface area contributed by atoms with Crippen LogP contribution in [0.5, 0.6) is 0 Å². The van der Waals surface area contributed by atoms with Gasteiger partial charge in [0, 0.05) is 17.6 Å². The molecule has 0 spiro atoms. The molecular weight excluding hydrogens is 374 g/mol. The first-order valence-corrected chi connectivity index (χ1v) is 10.2. The molecule has 6 heteroatoms. The molecular formula is C24H23N5O. The number of benzene rings is 1. The van der Waals surface area contributed by atoms with Crippen LogP contribution in [0.2, 0.25) is 0 Å². The van der Waals surface area contributed by atoms with Crippen LogP contribution in [0.1, 0.15) is 40.9 Å². The van der Waals surface area contributed by atoms with Crippen molar-refractivity contribution in [1.82, 2.24) is 14.5 Å². The van der Waals surface area contributed by atoms with Gasteiger partial charge in [-0.3, -0.25) is 14.7 Å². The molecule has 0 aliphatic carbocycles. The molecule has 1 fully saturated rings. The van der Waals surface area contributed by atoms with Crippen molar-refractivity contribution in [3.63, 3.8) is 0 Å². The van der Waals surface area contributed by atoms with E-state index in [2.05, 4.69) is 20.8 Å². The first-order valence-electron chi connectivity index (χ1n) is 10.2. The zero-order valence-electron chi connectivity index (χ0n) is 17.1. The summed E-state index contributed by atoms with van der Waals surface area (Å²) in [5.41, 5.74) is 5.23. The quantitative estimate of drug-likeness (QED) is 0.465. The predicted octanol–water partition coefficient (Wildman–Crippen LogP) is 4.62. The van der Waals surface area contributed by atoms with E-state index in [1.807, 2.05) is 29.7 Å². The Morgan fingerprint density at radius 1 is 1.23 bits per heavy atom. The van der Waals surface area contributed by atoms with Gasteiger partial charge in [-0.2, -0.15) is 5.26 Å². The van der Waals surface area contributed by atoms with Gasteiger partial charge >= 0.3 is 0 Å². The zero-order valence-corrected chi connectivity index (χ0v) is 17.1. The number of hydrogen-bond donors (Lipinski definition) is 0. The summed E-state index contributed by atoms with van der Waals surface area (Å²) in [6.45, 7) is 11.4. The number of hydrogen-bond acceptors (Lipinski definition) is 4. The summed E-state index contributed by atoms with van der Waals surface area (Å²) in [6, 6.07) is 11.4. The van der Waals surface area contributed by atoms with E-state index in [0.717, 1.165) is 48.4 Å². The van der Waals surface area contributed by atoms with Crippen LogP contribution in [-0.2, 0) is 6.42 Å². The molecule has 0 unspecified atom stereocenters. The van der Waals surface area contributed by atoms with E-state index in [1.54, 1.807) is 18.3 Å². The molecule has 1 saturated heterocycles. The molecule has 0 atom stereocenters. The monoisotopic (exact) mass is 397 g/mol. The number of ketones is 1. The Labute approximate surface area is 176 Å². The van der Waals surface area contributed by atoms with Gasteiger partial charge < -0.3 is 4.57 Å². The molecule has 0 bridgehead atoms. The molecule has 0 N–H and O–H groups in total. The number of aromatic nitrogens is 2. The molecule has 0 saturated carbocycles. The molecule has 2 aromatic heterocycles. The van der Waals surface area contributed by atoms with E-state index in [-0.39, 0.29) is 12.2 Å². The third-order valence-corrected chi connectivity index (χ3v) is 5.71. The number of nitrogens with zero attached hydrogens (tertiary/aromatic N) is 5. The van der Waals surface area contributed by atoms with Gasteiger partial charge in [0.25, 0.3) is 0 Å². The molecule has 0 amide bonds. The SMILES string of the molecule is [C-]#[N+]c1ccc(-n2c(C)c(C(=O)CN3CCCCC3)c3ncc(CC#N)cc32)cc1. The van der Waals surface area contributed by atoms with Gasteiger partial charge in [0.1, 0.15) is 0 Å². The number of Topliss-reactive ketones (excluding diaryl/α,β-unsaturated/α-hetero) is 1. The summed E-state index contributed by atoms with van der Waals surface area (Å²) in [6.07, 6.45) is 5.46. The van der Waals surface area contributed by atoms with Gasteiger partial charge in [-0.15, -0.1) is 0 Å². The molecule has 150 valence electrons. The fourth-order valence-electron chi connectivity index (χ4n) is 4.25. The van der Waals surface area contributed by atoms with Crippen LogP contribution in [-0.4, -0.2) is 39.9 Å². The summed E-state index contributed by atoms with van der Waals surface area (Å²) in [5, 5.41) is 9.09. The predicted molar refractivity (Wildman–Crippen MR) is 116 cm³/mol. The molecule has 6 nitrogen and oxygen atoms in total. The molecule has 30 heavy (non-hydrogen) atoms. The minimum absolute atomic E-state index is 0.0801. The number of pyridine rings is 1. The van der Waals surface area contributed by atoms with Crippen molar-refractivity contribution in [2.24, 2.45) is 0 Å². The summed E-state index contributed by atoms with van der Waals surface area (Å²) in [7, 11) is 0. The lowest BCUT2D eigenvalue weighted by Gasteiger charge is -2.25. The highest BCUT2D eigenvalue weighted by Gasteiger charge is 2.24. The number of fused-ring (bicyclic) bond motifs is 1. The van der Waals surface area contributed by atoms with Crippen molar-refractivity contribution in [3.05, 3.63) is 64.8 Å². The van der Waals surface area contributed by atoms with Gasteiger partial charge in [0.05, 0.1) is 42.2 Å². The second-order valence-electron chi connectivity index (χ2n) is 7.73. The standard InChI is InChI=1S/C24H23N5O/c1-17-23(22(30)16-28-12-4-3-5-13-28)24-21(14-18(10-11-25)15-27-24)29(17)20-8-6-19(26-2)7-9-20/h6-9,14-15H,3-5,10,12-13,16H2,1H3. The number of likely N-dealkylation sites (tertiary alicyclic amines) is 1. The van der Waals surface area contributed by atoms with Gasteiger partial charge in [-0.25, -0.2) is 4.85 Å². The maximum Gasteiger partial charge on any atom is 0.187 e. The van der Waals surface area contributed by atoms with Crippen LogP contribution in [0.3, 0.4) is 0 Å². The summed E-state index contributed by atoms with van der Waals surface area (Å²) in [5.74, 6) is 0.0801. The van der Waals surface area contributed by atoms with E-state index in [0.29, 0.717) is 23.3 Å². The van der Waals surface area contributed by atoms with Crippen molar-refractivity contribution in [1.29, 1.82) is 5.26 Å². The smallest absolute Gasteiger partial charge is 0.187 e. The topological polar surface area (TPSA) is 66.3 Å². The van der Waals surface area contributed by atoms with Crippen molar-refractivity contribution < 1.29 is 4.79 Å². The average molecular weight is 397 g/mol. The average Bonchev–Trinajstić information content (AvgIpc) is 3.06. The molecule has 1 aliphatic rings. The summed E-state index contributed by atoms with van der Waals surface area (Å²) < 4.78 is 2.01. The minimum atomic E-state index is 0.0801. The van der Waals surface area contributed by atoms with Crippen LogP contribution in [0.4, 0.5) is 5.69 Å². The Hall–Kier alpha value is -3.48. The fraction of sp³-hybridized carbons (Fsp3) is 0.333. The Bertz CT molecular complexity index is 1170. The van der Waals surface area contributed by atoms with Crippen molar-refractivity contribution in [3.8, 4) is 11.8 Å². The lowest BCUT2D eigenvalue weighted by atomic mass is 10.1. The van der Waals surface area contributed by atoms with Crippen molar-refractivity contribution >= 4 is 22.5 Å². The Balaban J connectivity index is 1.83. The van der Waals surface area contributed by atoms with Crippen LogP contribution in [0.25, 0.3) is 21.6 Å². The molecule has 3 aromatic rings. The van der Waals surface area contributed by atoms with E-state index in [4.69, 9.17) is 11.8 Å². The van der Waals surface area contributed by atoms with Crippen LogP contribution in [0.15, 0.2) is 36.5 Å². The Morgan fingerprint density at radius 2 is 1.97 bits per heavy atom. The lowest BCUT2D eigenvalue weighted by molar-refractivity contribution is 0.0916. The number of carbonyl (C=O) groups is 1. The van der Waals surface area contributed by atoms with E-state index < -0.39 is 0 Å². The summed E-state index contributed by atoms with van der Waals surface area (Å²) in [4.78, 5) is 23.6. The number of nitriles is 1. The van der Waals surface area contributed by atoms with Crippen molar-refractivity contribution in [2.45, 2.75) is 32.6 Å². The van der Waals surface area contributed by atoms with Gasteiger partial charge in [0.15, 0.2) is 11.5 Å². The molecule has 4 rings (SSSR count). The van der Waals surface area contributed by atoms with Crippen LogP contribution >= 0.6 is 0 Å². The highest BCUT2D eigenvalue weighted by Crippen LogP contribution is 2.30. The van der Waals surface area contributed by atoms with E-state index in [9.17, 15) is 4.79 Å². The molecule has 1 aliphatic heterocycles. The second kappa shape index (κ2) is 8.49. The normalized spacial score (nSPS) is 14.4. The largest absolute Gasteiger partial charge is 0.312 e. The third-order valence-electron chi connectivity index (χ3n) is 5.71.